The zero-order valence-corrected chi connectivity index (χ0v) is 24.7. The first-order valence-corrected chi connectivity index (χ1v) is 15.6. The summed E-state index contributed by atoms with van der Waals surface area (Å²) in [5, 5.41) is 5.16. The van der Waals surface area contributed by atoms with Gasteiger partial charge in [-0.3, -0.25) is 14.4 Å². The molecule has 1 unspecified atom stereocenters. The standard InChI is InChI=1S/C29H35N5O3S2/c1-19(2)24-8-6-10-26-27(24)30-29(38-26)32(16-17-33-22(5)18-21(4)31-33)28(35)25-9-7-15-34(25)39(36,37)23-13-11-20(3)12-14-23/h6,8,10-14,18-19,25H,7,9,15-17H2,1-5H3. The Morgan fingerprint density at radius 1 is 1.13 bits per heavy atom. The average Bonchev–Trinajstić information content (AvgIpc) is 3.62. The summed E-state index contributed by atoms with van der Waals surface area (Å²) in [7, 11) is -3.83. The molecule has 1 aliphatic rings. The Balaban J connectivity index is 1.52. The fraction of sp³-hybridized carbons (Fsp3) is 0.414. The predicted octanol–water partition coefficient (Wildman–Crippen LogP) is 5.43. The van der Waals surface area contributed by atoms with Gasteiger partial charge in [-0.25, -0.2) is 13.4 Å². The van der Waals surface area contributed by atoms with E-state index in [1.54, 1.807) is 29.2 Å². The van der Waals surface area contributed by atoms with Crippen LogP contribution in [0.4, 0.5) is 5.13 Å². The molecule has 1 fully saturated rings. The number of anilines is 1. The van der Waals surface area contributed by atoms with Gasteiger partial charge in [-0.05, 0) is 69.4 Å². The molecular weight excluding hydrogens is 530 g/mol. The maximum Gasteiger partial charge on any atom is 0.247 e. The van der Waals surface area contributed by atoms with Crippen molar-refractivity contribution in [2.45, 2.75) is 70.9 Å². The van der Waals surface area contributed by atoms with Crippen molar-refractivity contribution in [1.29, 1.82) is 0 Å². The normalized spacial score (nSPS) is 16.4. The topological polar surface area (TPSA) is 88.4 Å². The molecule has 10 heteroatoms. The number of nitrogens with zero attached hydrogens (tertiary/aromatic N) is 5. The quantitative estimate of drug-likeness (QED) is 0.284. The van der Waals surface area contributed by atoms with Crippen LogP contribution >= 0.6 is 11.3 Å². The minimum atomic E-state index is -3.83. The van der Waals surface area contributed by atoms with Crippen LogP contribution in [-0.4, -0.2) is 52.5 Å². The van der Waals surface area contributed by atoms with Gasteiger partial charge in [0.05, 0.1) is 27.4 Å². The molecule has 1 saturated heterocycles. The first kappa shape index (κ1) is 27.5. The van der Waals surface area contributed by atoms with Crippen LogP contribution in [0.3, 0.4) is 0 Å². The van der Waals surface area contributed by atoms with E-state index in [9.17, 15) is 13.2 Å². The maximum atomic E-state index is 14.3. The lowest BCUT2D eigenvalue weighted by molar-refractivity contribution is -0.121. The molecule has 0 aliphatic carbocycles. The van der Waals surface area contributed by atoms with Crippen molar-refractivity contribution in [3.8, 4) is 0 Å². The van der Waals surface area contributed by atoms with Crippen molar-refractivity contribution in [1.82, 2.24) is 19.1 Å². The van der Waals surface area contributed by atoms with E-state index in [4.69, 9.17) is 4.98 Å². The number of amides is 1. The lowest BCUT2D eigenvalue weighted by atomic mass is 10.0. The van der Waals surface area contributed by atoms with Gasteiger partial charge >= 0.3 is 0 Å². The smallest absolute Gasteiger partial charge is 0.247 e. The second-order valence-corrected chi connectivity index (χ2v) is 13.5. The van der Waals surface area contributed by atoms with E-state index in [1.807, 2.05) is 43.7 Å². The average molecular weight is 566 g/mol. The third-order valence-corrected chi connectivity index (χ3v) is 10.3. The van der Waals surface area contributed by atoms with Crippen LogP contribution in [0.2, 0.25) is 0 Å². The van der Waals surface area contributed by atoms with Crippen molar-refractivity contribution in [3.63, 3.8) is 0 Å². The summed E-state index contributed by atoms with van der Waals surface area (Å²) >= 11 is 1.47. The van der Waals surface area contributed by atoms with Crippen LogP contribution in [-0.2, 0) is 21.4 Å². The molecule has 1 atom stereocenters. The molecule has 39 heavy (non-hydrogen) atoms. The highest BCUT2D eigenvalue weighted by atomic mass is 32.2. The van der Waals surface area contributed by atoms with E-state index in [0.29, 0.717) is 37.6 Å². The van der Waals surface area contributed by atoms with Gasteiger partial charge in [0.25, 0.3) is 0 Å². The summed E-state index contributed by atoms with van der Waals surface area (Å²) in [5.74, 6) is 0.0438. The first-order valence-electron chi connectivity index (χ1n) is 13.4. The van der Waals surface area contributed by atoms with E-state index in [2.05, 4.69) is 25.0 Å². The van der Waals surface area contributed by atoms with Crippen molar-refractivity contribution >= 4 is 42.6 Å². The lowest BCUT2D eigenvalue weighted by Crippen LogP contribution is -2.48. The summed E-state index contributed by atoms with van der Waals surface area (Å²) in [6, 6.07) is 14.1. The molecule has 0 radical (unpaired) electrons. The van der Waals surface area contributed by atoms with Gasteiger partial charge in [-0.1, -0.05) is 55.0 Å². The third-order valence-electron chi connectivity index (χ3n) is 7.31. The van der Waals surface area contributed by atoms with E-state index in [-0.39, 0.29) is 16.7 Å². The third kappa shape index (κ3) is 5.37. The highest BCUT2D eigenvalue weighted by molar-refractivity contribution is 7.89. The zero-order valence-electron chi connectivity index (χ0n) is 23.1. The zero-order chi connectivity index (χ0) is 27.9. The molecule has 206 valence electrons. The van der Waals surface area contributed by atoms with Crippen LogP contribution in [0.25, 0.3) is 10.2 Å². The Kier molecular flexibility index (Phi) is 7.63. The minimum absolute atomic E-state index is 0.212. The number of hydrogen-bond acceptors (Lipinski definition) is 6. The number of thiazole rings is 1. The maximum absolute atomic E-state index is 14.3. The Hall–Kier alpha value is -3.08. The number of carbonyl (C=O) groups excluding carboxylic acids is 1. The summed E-state index contributed by atoms with van der Waals surface area (Å²) in [4.78, 5) is 21.1. The largest absolute Gasteiger partial charge is 0.285 e. The number of benzene rings is 2. The van der Waals surface area contributed by atoms with Crippen LogP contribution < -0.4 is 4.90 Å². The van der Waals surface area contributed by atoms with Gasteiger partial charge in [-0.15, -0.1) is 0 Å². The highest BCUT2D eigenvalue weighted by Gasteiger charge is 2.42. The van der Waals surface area contributed by atoms with E-state index < -0.39 is 16.1 Å². The lowest BCUT2D eigenvalue weighted by Gasteiger charge is -2.28. The van der Waals surface area contributed by atoms with Crippen LogP contribution in [0, 0.1) is 20.8 Å². The SMILES string of the molecule is Cc1ccc(S(=O)(=O)N2CCCC2C(=O)N(CCn2nc(C)cc2C)c2nc3c(C(C)C)cccc3s2)cc1. The molecule has 0 N–H and O–H groups in total. The molecule has 0 saturated carbocycles. The molecule has 2 aromatic heterocycles. The predicted molar refractivity (Wildman–Crippen MR) is 156 cm³/mol. The molecular formula is C29H35N5O3S2. The fourth-order valence-electron chi connectivity index (χ4n) is 5.24. The van der Waals surface area contributed by atoms with Gasteiger partial charge in [0.1, 0.15) is 6.04 Å². The molecule has 2 aromatic carbocycles. The van der Waals surface area contributed by atoms with Crippen molar-refractivity contribution in [2.75, 3.05) is 18.0 Å². The second kappa shape index (κ2) is 10.8. The van der Waals surface area contributed by atoms with Gasteiger partial charge in [0.2, 0.25) is 15.9 Å². The molecule has 0 spiro atoms. The Bertz CT molecular complexity index is 1610. The van der Waals surface area contributed by atoms with Gasteiger partial charge in [-0.2, -0.15) is 9.40 Å². The van der Waals surface area contributed by atoms with Crippen molar-refractivity contribution in [2.24, 2.45) is 0 Å². The summed E-state index contributed by atoms with van der Waals surface area (Å²) < 4.78 is 31.5. The van der Waals surface area contributed by atoms with Crippen LogP contribution in [0.5, 0.6) is 0 Å². The molecule has 8 nitrogen and oxygen atoms in total. The van der Waals surface area contributed by atoms with Gasteiger partial charge in [0.15, 0.2) is 5.13 Å². The number of aryl methyl sites for hydroxylation is 3. The molecule has 5 rings (SSSR count). The fourth-order valence-corrected chi connectivity index (χ4v) is 7.92. The molecule has 1 amide bonds. The highest BCUT2D eigenvalue weighted by Crippen LogP contribution is 2.35. The number of hydrogen-bond donors (Lipinski definition) is 0. The Morgan fingerprint density at radius 2 is 1.87 bits per heavy atom. The summed E-state index contributed by atoms with van der Waals surface area (Å²) in [6.45, 7) is 11.3. The monoisotopic (exact) mass is 565 g/mol. The van der Waals surface area contributed by atoms with Crippen LogP contribution in [0.15, 0.2) is 53.4 Å². The van der Waals surface area contributed by atoms with Gasteiger partial charge in [0, 0.05) is 18.8 Å². The molecule has 1 aliphatic heterocycles. The van der Waals surface area contributed by atoms with E-state index in [1.165, 1.54) is 15.6 Å². The molecule has 0 bridgehead atoms. The Labute approximate surface area is 234 Å². The van der Waals surface area contributed by atoms with Crippen molar-refractivity contribution in [3.05, 3.63) is 71.0 Å². The number of carbonyl (C=O) groups is 1. The Morgan fingerprint density at radius 3 is 2.54 bits per heavy atom. The number of para-hydroxylation sites is 1. The summed E-state index contributed by atoms with van der Waals surface area (Å²) in [5.41, 5.74) is 4.93. The van der Waals surface area contributed by atoms with E-state index in [0.717, 1.165) is 32.7 Å². The van der Waals surface area contributed by atoms with Crippen molar-refractivity contribution < 1.29 is 13.2 Å². The number of aromatic nitrogens is 3. The second-order valence-electron chi connectivity index (χ2n) is 10.6. The number of sulfonamides is 1. The molecule has 4 aromatic rings. The molecule has 3 heterocycles. The van der Waals surface area contributed by atoms with E-state index >= 15 is 0 Å². The minimum Gasteiger partial charge on any atom is -0.285 e. The number of fused-ring (bicyclic) bond motifs is 1. The van der Waals surface area contributed by atoms with Gasteiger partial charge < -0.3 is 0 Å². The first-order chi connectivity index (χ1) is 18.6. The number of rotatable bonds is 8. The van der Waals surface area contributed by atoms with Crippen LogP contribution in [0.1, 0.15) is 55.1 Å². The summed E-state index contributed by atoms with van der Waals surface area (Å²) in [6.07, 6.45) is 1.10.